The maximum absolute atomic E-state index is 12.8. The van der Waals surface area contributed by atoms with Crippen molar-refractivity contribution in [2.45, 2.75) is 83.4 Å². The van der Waals surface area contributed by atoms with Crippen LogP contribution in [-0.2, 0) is 4.79 Å². The summed E-state index contributed by atoms with van der Waals surface area (Å²) in [7, 11) is 0. The Labute approximate surface area is 129 Å². The molecule has 21 heavy (non-hydrogen) atoms. The van der Waals surface area contributed by atoms with Crippen LogP contribution in [0.5, 0.6) is 0 Å². The lowest BCUT2D eigenvalue weighted by Gasteiger charge is -2.41. The topological polar surface area (TPSA) is 43.8 Å². The van der Waals surface area contributed by atoms with Gasteiger partial charge in [0.15, 0.2) is 0 Å². The number of likely N-dealkylation sites (tertiary alicyclic amines) is 1. The van der Waals surface area contributed by atoms with E-state index in [0.29, 0.717) is 19.1 Å². The summed E-state index contributed by atoms with van der Waals surface area (Å²) >= 11 is 0. The molecule has 0 aromatic rings. The van der Waals surface area contributed by atoms with E-state index in [1.807, 2.05) is 6.92 Å². The molecule has 0 aromatic heterocycles. The summed E-state index contributed by atoms with van der Waals surface area (Å²) in [6.07, 6.45) is 7.94. The summed E-state index contributed by atoms with van der Waals surface area (Å²) in [5.74, 6) is 0.245. The second-order valence-electron chi connectivity index (χ2n) is 7.50. The van der Waals surface area contributed by atoms with Crippen molar-refractivity contribution in [1.82, 2.24) is 9.80 Å². The fourth-order valence-corrected chi connectivity index (χ4v) is 4.00. The molecule has 1 unspecified atom stereocenters. The van der Waals surface area contributed by atoms with Crippen molar-refractivity contribution in [3.8, 4) is 0 Å². The average molecular weight is 296 g/mol. The Kier molecular flexibility index (Phi) is 5.67. The van der Waals surface area contributed by atoms with Crippen molar-refractivity contribution in [3.05, 3.63) is 0 Å². The Balaban J connectivity index is 1.95. The van der Waals surface area contributed by atoms with E-state index in [1.54, 1.807) is 0 Å². The van der Waals surface area contributed by atoms with Gasteiger partial charge in [0.2, 0.25) is 5.91 Å². The van der Waals surface area contributed by atoms with Gasteiger partial charge in [-0.25, -0.2) is 0 Å². The molecule has 1 N–H and O–H groups in total. The van der Waals surface area contributed by atoms with Crippen LogP contribution >= 0.6 is 0 Å². The lowest BCUT2D eigenvalue weighted by atomic mass is 9.93. The Morgan fingerprint density at radius 1 is 1.29 bits per heavy atom. The van der Waals surface area contributed by atoms with Crippen LogP contribution in [0.1, 0.15) is 65.7 Å². The van der Waals surface area contributed by atoms with E-state index in [9.17, 15) is 9.90 Å². The van der Waals surface area contributed by atoms with Gasteiger partial charge in [-0.2, -0.15) is 0 Å². The van der Waals surface area contributed by atoms with E-state index in [4.69, 9.17) is 0 Å². The molecule has 2 rings (SSSR count). The monoisotopic (exact) mass is 296 g/mol. The minimum atomic E-state index is -0.633. The third kappa shape index (κ3) is 4.68. The Morgan fingerprint density at radius 3 is 2.52 bits per heavy atom. The highest BCUT2D eigenvalue weighted by Gasteiger charge is 2.32. The number of aliphatic hydroxyl groups is 1. The third-order valence-electron chi connectivity index (χ3n) is 4.93. The van der Waals surface area contributed by atoms with Crippen molar-refractivity contribution in [1.29, 1.82) is 0 Å². The van der Waals surface area contributed by atoms with E-state index >= 15 is 0 Å². The van der Waals surface area contributed by atoms with E-state index in [0.717, 1.165) is 32.2 Å². The van der Waals surface area contributed by atoms with Crippen LogP contribution in [0.2, 0.25) is 0 Å². The molecule has 122 valence electrons. The zero-order valence-electron chi connectivity index (χ0n) is 14.0. The summed E-state index contributed by atoms with van der Waals surface area (Å²) < 4.78 is 0. The number of amides is 1. The summed E-state index contributed by atoms with van der Waals surface area (Å²) in [4.78, 5) is 17.0. The first-order chi connectivity index (χ1) is 9.89. The van der Waals surface area contributed by atoms with Crippen molar-refractivity contribution >= 4 is 5.91 Å². The van der Waals surface area contributed by atoms with E-state index in [-0.39, 0.29) is 11.9 Å². The normalized spacial score (nSPS) is 28.8. The largest absolute Gasteiger partial charge is 0.389 e. The van der Waals surface area contributed by atoms with Crippen molar-refractivity contribution < 1.29 is 9.90 Å². The number of β-amino-alcohol motifs (C(OH)–C–C–N with tert-alkyl or cyclic N) is 1. The van der Waals surface area contributed by atoms with Gasteiger partial charge in [0.1, 0.15) is 0 Å². The quantitative estimate of drug-likeness (QED) is 0.866. The summed E-state index contributed by atoms with van der Waals surface area (Å²) in [6.45, 7) is 8.14. The fraction of sp³-hybridized carbons (Fsp3) is 0.941. The molecule has 1 saturated carbocycles. The van der Waals surface area contributed by atoms with Gasteiger partial charge < -0.3 is 10.0 Å². The van der Waals surface area contributed by atoms with E-state index < -0.39 is 5.60 Å². The minimum absolute atomic E-state index is 0.245. The molecule has 1 atom stereocenters. The van der Waals surface area contributed by atoms with Crippen LogP contribution in [0, 0.1) is 0 Å². The van der Waals surface area contributed by atoms with Gasteiger partial charge in [0, 0.05) is 18.6 Å². The highest BCUT2D eigenvalue weighted by atomic mass is 16.3. The van der Waals surface area contributed by atoms with Crippen molar-refractivity contribution in [3.63, 3.8) is 0 Å². The Hall–Kier alpha value is -0.610. The van der Waals surface area contributed by atoms with Crippen molar-refractivity contribution in [2.75, 3.05) is 19.6 Å². The number of hydrogen-bond acceptors (Lipinski definition) is 3. The zero-order chi connectivity index (χ0) is 15.5. The number of hydrogen-bond donors (Lipinski definition) is 1. The summed E-state index contributed by atoms with van der Waals surface area (Å²) in [5, 5.41) is 10.2. The number of rotatable bonds is 4. The van der Waals surface area contributed by atoms with Gasteiger partial charge in [0.25, 0.3) is 0 Å². The van der Waals surface area contributed by atoms with Crippen LogP contribution < -0.4 is 0 Å². The second-order valence-corrected chi connectivity index (χ2v) is 7.50. The number of nitrogens with zero attached hydrogens (tertiary/aromatic N) is 2. The third-order valence-corrected chi connectivity index (χ3v) is 4.93. The van der Waals surface area contributed by atoms with Crippen LogP contribution in [-0.4, -0.2) is 58.1 Å². The van der Waals surface area contributed by atoms with Gasteiger partial charge in [0.05, 0.1) is 12.1 Å². The molecule has 0 aromatic carbocycles. The van der Waals surface area contributed by atoms with Gasteiger partial charge in [-0.05, 0) is 53.0 Å². The van der Waals surface area contributed by atoms with Crippen LogP contribution in [0.25, 0.3) is 0 Å². The number of piperidine rings is 1. The SMILES string of the molecule is CC(C)N(C(=O)CN1CCCC(C)(O)C1)C1CCCCC1. The minimum Gasteiger partial charge on any atom is -0.389 e. The highest BCUT2D eigenvalue weighted by molar-refractivity contribution is 5.79. The average Bonchev–Trinajstić information content (AvgIpc) is 2.38. The molecule has 1 aliphatic carbocycles. The molecule has 0 spiro atoms. The molecule has 2 aliphatic rings. The van der Waals surface area contributed by atoms with E-state index in [2.05, 4.69) is 23.6 Å². The van der Waals surface area contributed by atoms with Crippen LogP contribution in [0.3, 0.4) is 0 Å². The van der Waals surface area contributed by atoms with Gasteiger partial charge >= 0.3 is 0 Å². The number of carbonyl (C=O) groups excluding carboxylic acids is 1. The molecule has 1 saturated heterocycles. The first-order valence-electron chi connectivity index (χ1n) is 8.65. The predicted molar refractivity (Wildman–Crippen MR) is 85.2 cm³/mol. The summed E-state index contributed by atoms with van der Waals surface area (Å²) in [5.41, 5.74) is -0.633. The molecule has 1 amide bonds. The van der Waals surface area contributed by atoms with E-state index in [1.165, 1.54) is 19.3 Å². The standard InChI is InChI=1S/C17H32N2O2/c1-14(2)19(15-8-5-4-6-9-15)16(20)12-18-11-7-10-17(3,21)13-18/h14-15,21H,4-13H2,1-3H3. The fourth-order valence-electron chi connectivity index (χ4n) is 4.00. The molecule has 0 bridgehead atoms. The molecule has 1 heterocycles. The predicted octanol–water partition coefficient (Wildman–Crippen LogP) is 2.40. The van der Waals surface area contributed by atoms with Gasteiger partial charge in [-0.1, -0.05) is 19.3 Å². The summed E-state index contributed by atoms with van der Waals surface area (Å²) in [6, 6.07) is 0.697. The Morgan fingerprint density at radius 2 is 1.95 bits per heavy atom. The Bertz CT molecular complexity index is 349. The molecular weight excluding hydrogens is 264 g/mol. The second kappa shape index (κ2) is 7.10. The van der Waals surface area contributed by atoms with Crippen LogP contribution in [0.4, 0.5) is 0 Å². The maximum Gasteiger partial charge on any atom is 0.237 e. The highest BCUT2D eigenvalue weighted by Crippen LogP contribution is 2.25. The lowest BCUT2D eigenvalue weighted by Crippen LogP contribution is -2.53. The zero-order valence-corrected chi connectivity index (χ0v) is 14.0. The van der Waals surface area contributed by atoms with Gasteiger partial charge in [-0.3, -0.25) is 9.69 Å². The molecule has 1 aliphatic heterocycles. The molecule has 4 nitrogen and oxygen atoms in total. The first kappa shape index (κ1) is 16.8. The first-order valence-corrected chi connectivity index (χ1v) is 8.65. The molecule has 2 fully saturated rings. The molecular formula is C17H32N2O2. The smallest absolute Gasteiger partial charge is 0.237 e. The van der Waals surface area contributed by atoms with Gasteiger partial charge in [-0.15, -0.1) is 0 Å². The lowest BCUT2D eigenvalue weighted by molar-refractivity contribution is -0.139. The molecule has 0 radical (unpaired) electrons. The maximum atomic E-state index is 12.8. The molecule has 4 heteroatoms. The van der Waals surface area contributed by atoms with Crippen molar-refractivity contribution in [2.24, 2.45) is 0 Å². The number of carbonyl (C=O) groups is 1. The van der Waals surface area contributed by atoms with Crippen LogP contribution in [0.15, 0.2) is 0 Å².